The van der Waals surface area contributed by atoms with Crippen molar-refractivity contribution in [1.29, 1.82) is 0 Å². The fourth-order valence-corrected chi connectivity index (χ4v) is 2.13. The molecule has 0 aromatic heterocycles. The van der Waals surface area contributed by atoms with Crippen LogP contribution in [0.1, 0.15) is 13.8 Å². The second-order valence-electron chi connectivity index (χ2n) is 4.37. The molecule has 2 heterocycles. The molecule has 1 N–H and O–H groups in total. The van der Waals surface area contributed by atoms with Crippen LogP contribution >= 0.6 is 0 Å². The third-order valence-electron chi connectivity index (χ3n) is 2.76. The Kier molecular flexibility index (Phi) is 2.91. The molecule has 0 aromatic carbocycles. The number of fused-ring (bicyclic) bond motifs is 1. The van der Waals surface area contributed by atoms with E-state index in [1.807, 2.05) is 0 Å². The lowest BCUT2D eigenvalue weighted by Gasteiger charge is -2.22. The summed E-state index contributed by atoms with van der Waals surface area (Å²) >= 11 is 0. The molecule has 92 valence electrons. The van der Waals surface area contributed by atoms with Crippen LogP contribution in [-0.4, -0.2) is 55.0 Å². The number of carbonyl (C=O) groups is 1. The van der Waals surface area contributed by atoms with Gasteiger partial charge in [0.2, 0.25) is 0 Å². The van der Waals surface area contributed by atoms with Crippen molar-refractivity contribution in [3.63, 3.8) is 0 Å². The van der Waals surface area contributed by atoms with Crippen LogP contribution in [0.3, 0.4) is 0 Å². The van der Waals surface area contributed by atoms with Crippen LogP contribution in [0.15, 0.2) is 0 Å². The number of ether oxygens (including phenoxy) is 4. The molecule has 0 radical (unpaired) electrons. The summed E-state index contributed by atoms with van der Waals surface area (Å²) in [5.74, 6) is -1.27. The molecular weight excluding hydrogens is 216 g/mol. The Hall–Kier alpha value is -0.690. The van der Waals surface area contributed by atoms with E-state index in [-0.39, 0.29) is 6.61 Å². The van der Waals surface area contributed by atoms with E-state index in [1.54, 1.807) is 13.8 Å². The van der Waals surface area contributed by atoms with Gasteiger partial charge in [-0.15, -0.1) is 0 Å². The van der Waals surface area contributed by atoms with E-state index in [0.717, 1.165) is 0 Å². The number of aliphatic hydroxyl groups is 1. The van der Waals surface area contributed by atoms with E-state index < -0.39 is 36.2 Å². The van der Waals surface area contributed by atoms with Crippen molar-refractivity contribution in [2.75, 3.05) is 13.7 Å². The molecule has 6 nitrogen and oxygen atoms in total. The van der Waals surface area contributed by atoms with Gasteiger partial charge in [-0.2, -0.15) is 0 Å². The molecule has 0 amide bonds. The molecule has 16 heavy (non-hydrogen) atoms. The average Bonchev–Trinajstić information content (AvgIpc) is 2.69. The van der Waals surface area contributed by atoms with Gasteiger partial charge in [-0.1, -0.05) is 0 Å². The Morgan fingerprint density at radius 1 is 1.38 bits per heavy atom. The minimum atomic E-state index is -0.825. The van der Waals surface area contributed by atoms with Crippen LogP contribution in [0.25, 0.3) is 0 Å². The number of aliphatic hydroxyl groups excluding tert-OH is 1. The van der Waals surface area contributed by atoms with Gasteiger partial charge in [-0.25, -0.2) is 4.79 Å². The highest BCUT2D eigenvalue weighted by molar-refractivity contribution is 5.76. The zero-order valence-corrected chi connectivity index (χ0v) is 9.50. The second kappa shape index (κ2) is 3.96. The zero-order valence-electron chi connectivity index (χ0n) is 9.50. The van der Waals surface area contributed by atoms with Crippen molar-refractivity contribution in [1.82, 2.24) is 0 Å². The summed E-state index contributed by atoms with van der Waals surface area (Å²) < 4.78 is 21.1. The SMILES string of the molecule is COC(=O)[C@@H]1O[C@H](CO)[C@@H]2OC(C)(C)O[C@@H]21. The Labute approximate surface area is 93.4 Å². The Morgan fingerprint density at radius 2 is 2.00 bits per heavy atom. The van der Waals surface area contributed by atoms with Crippen LogP contribution in [0.5, 0.6) is 0 Å². The lowest BCUT2D eigenvalue weighted by atomic mass is 10.1. The molecule has 4 atom stereocenters. The smallest absolute Gasteiger partial charge is 0.337 e. The van der Waals surface area contributed by atoms with Crippen LogP contribution < -0.4 is 0 Å². The van der Waals surface area contributed by atoms with Gasteiger partial charge in [-0.05, 0) is 13.8 Å². The van der Waals surface area contributed by atoms with E-state index >= 15 is 0 Å². The lowest BCUT2D eigenvalue weighted by Crippen LogP contribution is -2.36. The topological polar surface area (TPSA) is 74.2 Å². The summed E-state index contributed by atoms with van der Waals surface area (Å²) in [6, 6.07) is 0. The third kappa shape index (κ3) is 1.82. The largest absolute Gasteiger partial charge is 0.467 e. The molecule has 2 fully saturated rings. The first kappa shape index (κ1) is 11.8. The number of methoxy groups -OCH3 is 1. The molecule has 0 aromatic rings. The average molecular weight is 232 g/mol. The number of rotatable bonds is 2. The predicted octanol–water partition coefficient (Wildman–Crippen LogP) is -0.561. The van der Waals surface area contributed by atoms with Crippen molar-refractivity contribution in [2.24, 2.45) is 0 Å². The highest BCUT2D eigenvalue weighted by atomic mass is 16.8. The maximum Gasteiger partial charge on any atom is 0.337 e. The minimum absolute atomic E-state index is 0.214. The normalized spacial score (nSPS) is 40.8. The molecule has 0 aliphatic carbocycles. The quantitative estimate of drug-likeness (QED) is 0.643. The standard InChI is InChI=1S/C10H16O6/c1-10(2)15-6-5(4-11)14-8(7(6)16-10)9(12)13-3/h5-8,11H,4H2,1-3H3/t5-,6+,7+,8-/m1/s1. The lowest BCUT2D eigenvalue weighted by molar-refractivity contribution is -0.197. The molecule has 2 saturated heterocycles. The Bertz CT molecular complexity index is 289. The highest BCUT2D eigenvalue weighted by Gasteiger charge is 2.57. The van der Waals surface area contributed by atoms with E-state index in [2.05, 4.69) is 4.74 Å². The van der Waals surface area contributed by atoms with Crippen LogP contribution in [0.2, 0.25) is 0 Å². The second-order valence-corrected chi connectivity index (χ2v) is 4.37. The van der Waals surface area contributed by atoms with E-state index in [9.17, 15) is 4.79 Å². The van der Waals surface area contributed by atoms with Crippen molar-refractivity contribution in [3.05, 3.63) is 0 Å². The van der Waals surface area contributed by atoms with Gasteiger partial charge in [0.1, 0.15) is 18.3 Å². The van der Waals surface area contributed by atoms with Crippen molar-refractivity contribution < 1.29 is 28.8 Å². The van der Waals surface area contributed by atoms with Crippen LogP contribution in [0.4, 0.5) is 0 Å². The number of hydrogen-bond donors (Lipinski definition) is 1. The molecule has 2 rings (SSSR count). The first-order valence-electron chi connectivity index (χ1n) is 5.18. The molecule has 0 unspecified atom stereocenters. The molecule has 2 aliphatic heterocycles. The van der Waals surface area contributed by atoms with E-state index in [1.165, 1.54) is 7.11 Å². The van der Waals surface area contributed by atoms with Crippen molar-refractivity contribution in [3.8, 4) is 0 Å². The fraction of sp³-hybridized carbons (Fsp3) is 0.900. The fourth-order valence-electron chi connectivity index (χ4n) is 2.13. The Morgan fingerprint density at radius 3 is 2.56 bits per heavy atom. The zero-order chi connectivity index (χ0) is 11.9. The number of carbonyl (C=O) groups excluding carboxylic acids is 1. The molecule has 0 saturated carbocycles. The highest BCUT2D eigenvalue weighted by Crippen LogP contribution is 2.38. The van der Waals surface area contributed by atoms with Crippen LogP contribution in [0, 0.1) is 0 Å². The van der Waals surface area contributed by atoms with Gasteiger partial charge in [-0.3, -0.25) is 0 Å². The van der Waals surface area contributed by atoms with Gasteiger partial charge in [0.15, 0.2) is 11.9 Å². The van der Waals surface area contributed by atoms with E-state index in [4.69, 9.17) is 19.3 Å². The number of esters is 1. The molecular formula is C10H16O6. The van der Waals surface area contributed by atoms with E-state index in [0.29, 0.717) is 0 Å². The van der Waals surface area contributed by atoms with Gasteiger partial charge in [0, 0.05) is 0 Å². The van der Waals surface area contributed by atoms with Gasteiger partial charge in [0.25, 0.3) is 0 Å². The first-order chi connectivity index (χ1) is 7.48. The summed E-state index contributed by atoms with van der Waals surface area (Å²) in [4.78, 5) is 11.5. The molecule has 2 aliphatic rings. The Balaban J connectivity index is 2.17. The van der Waals surface area contributed by atoms with Gasteiger partial charge >= 0.3 is 5.97 Å². The summed E-state index contributed by atoms with van der Waals surface area (Å²) in [6.45, 7) is 3.30. The number of hydrogen-bond acceptors (Lipinski definition) is 6. The van der Waals surface area contributed by atoms with Gasteiger partial charge in [0.05, 0.1) is 13.7 Å². The third-order valence-corrected chi connectivity index (χ3v) is 2.76. The first-order valence-corrected chi connectivity index (χ1v) is 5.18. The van der Waals surface area contributed by atoms with Crippen molar-refractivity contribution in [2.45, 2.75) is 44.1 Å². The summed E-state index contributed by atoms with van der Waals surface area (Å²) in [5, 5.41) is 9.14. The molecule has 0 spiro atoms. The summed E-state index contributed by atoms with van der Waals surface area (Å²) in [5.41, 5.74) is 0. The minimum Gasteiger partial charge on any atom is -0.467 e. The maximum absolute atomic E-state index is 11.5. The maximum atomic E-state index is 11.5. The molecule has 6 heteroatoms. The van der Waals surface area contributed by atoms with Gasteiger partial charge < -0.3 is 24.1 Å². The predicted molar refractivity (Wildman–Crippen MR) is 51.6 cm³/mol. The van der Waals surface area contributed by atoms with Crippen LogP contribution in [-0.2, 0) is 23.7 Å². The monoisotopic (exact) mass is 232 g/mol. The van der Waals surface area contributed by atoms with Crippen molar-refractivity contribution >= 4 is 5.97 Å². The summed E-state index contributed by atoms with van der Waals surface area (Å²) in [7, 11) is 1.29. The molecule has 0 bridgehead atoms. The summed E-state index contributed by atoms with van der Waals surface area (Å²) in [6.07, 6.45) is -2.31.